The van der Waals surface area contributed by atoms with Crippen LogP contribution in [-0.2, 0) is 16.0 Å². The lowest BCUT2D eigenvalue weighted by molar-refractivity contribution is -0.147. The van der Waals surface area contributed by atoms with Crippen molar-refractivity contribution in [1.82, 2.24) is 15.0 Å². The molecule has 0 bridgehead atoms. The van der Waals surface area contributed by atoms with Gasteiger partial charge in [0.1, 0.15) is 5.82 Å². The lowest BCUT2D eigenvalue weighted by atomic mass is 9.90. The number of carbonyl (C=O) groups excluding carboxylic acids is 1. The Balaban J connectivity index is 1.49. The number of nitrogens with zero attached hydrogens (tertiary/aromatic N) is 3. The molecule has 26 heavy (non-hydrogen) atoms. The van der Waals surface area contributed by atoms with Gasteiger partial charge in [0, 0.05) is 31.5 Å². The van der Waals surface area contributed by atoms with Crippen LogP contribution in [-0.4, -0.2) is 45.1 Å². The van der Waals surface area contributed by atoms with Crippen molar-refractivity contribution in [2.75, 3.05) is 13.1 Å². The molecule has 2 heterocycles. The monoisotopic (exact) mass is 361 g/mol. The average Bonchev–Trinajstić information content (AvgIpc) is 3.23. The largest absolute Gasteiger partial charge is 0.481 e. The number of carboxylic acid groups (broad SMARTS) is 1. The molecule has 1 amide bonds. The van der Waals surface area contributed by atoms with Crippen LogP contribution in [0, 0.1) is 11.2 Å². The average molecular weight is 361 g/mol. The fourth-order valence-electron chi connectivity index (χ4n) is 2.97. The number of aromatic nitrogens is 2. The number of hydrogen-bond acceptors (Lipinski definition) is 5. The highest BCUT2D eigenvalue weighted by molar-refractivity contribution is 5.80. The third kappa shape index (κ3) is 3.89. The molecule has 0 aliphatic carbocycles. The summed E-state index contributed by atoms with van der Waals surface area (Å²) in [7, 11) is 0. The Labute approximate surface area is 149 Å². The molecule has 0 saturated carbocycles. The van der Waals surface area contributed by atoms with Crippen molar-refractivity contribution < 1.29 is 23.6 Å². The zero-order valence-corrected chi connectivity index (χ0v) is 14.4. The van der Waals surface area contributed by atoms with Crippen LogP contribution in [0.5, 0.6) is 0 Å². The predicted octanol–water partition coefficient (Wildman–Crippen LogP) is 2.52. The summed E-state index contributed by atoms with van der Waals surface area (Å²) in [6, 6.07) is 5.79. The Morgan fingerprint density at radius 1 is 1.35 bits per heavy atom. The number of halogens is 1. The lowest BCUT2D eigenvalue weighted by Gasteiger charge is -2.20. The summed E-state index contributed by atoms with van der Waals surface area (Å²) in [4.78, 5) is 29.3. The smallest absolute Gasteiger partial charge is 0.311 e. The number of rotatable bonds is 6. The van der Waals surface area contributed by atoms with Gasteiger partial charge in [0.15, 0.2) is 0 Å². The van der Waals surface area contributed by atoms with Gasteiger partial charge in [0.25, 0.3) is 0 Å². The molecule has 0 radical (unpaired) electrons. The van der Waals surface area contributed by atoms with Crippen molar-refractivity contribution in [3.8, 4) is 11.4 Å². The first-order valence-corrected chi connectivity index (χ1v) is 8.47. The van der Waals surface area contributed by atoms with Crippen LogP contribution in [0.4, 0.5) is 4.39 Å². The molecule has 1 saturated heterocycles. The van der Waals surface area contributed by atoms with Gasteiger partial charge in [-0.05, 0) is 44.0 Å². The summed E-state index contributed by atoms with van der Waals surface area (Å²) in [5.74, 6) is -0.478. The van der Waals surface area contributed by atoms with E-state index in [1.54, 1.807) is 24.0 Å². The molecule has 1 atom stereocenters. The Kier molecular flexibility index (Phi) is 5.01. The quantitative estimate of drug-likeness (QED) is 0.849. The number of hydrogen-bond donors (Lipinski definition) is 1. The lowest BCUT2D eigenvalue weighted by Crippen LogP contribution is -2.34. The van der Waals surface area contributed by atoms with Gasteiger partial charge in [-0.3, -0.25) is 9.59 Å². The number of likely N-dealkylation sites (tertiary alicyclic amines) is 1. The second-order valence-electron chi connectivity index (χ2n) is 6.80. The van der Waals surface area contributed by atoms with E-state index in [2.05, 4.69) is 10.1 Å². The molecule has 138 valence electrons. The maximum absolute atomic E-state index is 12.9. The summed E-state index contributed by atoms with van der Waals surface area (Å²) < 4.78 is 18.1. The van der Waals surface area contributed by atoms with E-state index >= 15 is 0 Å². The summed E-state index contributed by atoms with van der Waals surface area (Å²) in [6.45, 7) is 2.38. The van der Waals surface area contributed by atoms with Crippen LogP contribution in [0.1, 0.15) is 32.1 Å². The molecule has 8 heteroatoms. The molecule has 1 aromatic heterocycles. The van der Waals surface area contributed by atoms with Crippen LogP contribution >= 0.6 is 0 Å². The Morgan fingerprint density at radius 2 is 2.08 bits per heavy atom. The molecular weight excluding hydrogens is 341 g/mol. The standard InChI is InChI=1S/C18H20FN3O4/c1-18(17(24)25)9-10-22(11-18)15(23)4-2-3-14-20-16(21-26-14)12-5-7-13(19)8-6-12/h5-8H,2-4,9-11H2,1H3,(H,24,25). The van der Waals surface area contributed by atoms with E-state index in [-0.39, 0.29) is 18.3 Å². The van der Waals surface area contributed by atoms with Crippen LogP contribution in [0.15, 0.2) is 28.8 Å². The molecule has 1 fully saturated rings. The maximum atomic E-state index is 12.9. The SMILES string of the molecule is CC1(C(=O)O)CCN(C(=O)CCCc2nc(-c3ccc(F)cc3)no2)C1. The number of carboxylic acids is 1. The first-order chi connectivity index (χ1) is 12.4. The number of aryl methyl sites for hydroxylation is 1. The zero-order valence-electron chi connectivity index (χ0n) is 14.4. The van der Waals surface area contributed by atoms with Gasteiger partial charge >= 0.3 is 5.97 Å². The fourth-order valence-corrected chi connectivity index (χ4v) is 2.97. The summed E-state index contributed by atoms with van der Waals surface area (Å²) in [5.41, 5.74) is -0.200. The molecule has 1 aliphatic rings. The van der Waals surface area contributed by atoms with Crippen LogP contribution < -0.4 is 0 Å². The van der Waals surface area contributed by atoms with E-state index in [1.807, 2.05) is 0 Å². The fraction of sp³-hybridized carbons (Fsp3) is 0.444. The van der Waals surface area contributed by atoms with E-state index in [0.717, 1.165) is 0 Å². The van der Waals surface area contributed by atoms with Gasteiger partial charge < -0.3 is 14.5 Å². The van der Waals surface area contributed by atoms with Crippen LogP contribution in [0.3, 0.4) is 0 Å². The number of aliphatic carboxylic acids is 1. The van der Waals surface area contributed by atoms with Gasteiger partial charge in [-0.2, -0.15) is 4.98 Å². The minimum atomic E-state index is -0.869. The Hall–Kier alpha value is -2.77. The van der Waals surface area contributed by atoms with Crippen molar-refractivity contribution in [3.63, 3.8) is 0 Å². The third-order valence-electron chi connectivity index (χ3n) is 4.69. The van der Waals surface area contributed by atoms with Crippen molar-refractivity contribution in [2.24, 2.45) is 5.41 Å². The van der Waals surface area contributed by atoms with Crippen molar-refractivity contribution in [1.29, 1.82) is 0 Å². The molecule has 1 aromatic carbocycles. The van der Waals surface area contributed by atoms with E-state index in [9.17, 15) is 19.1 Å². The highest BCUT2D eigenvalue weighted by atomic mass is 19.1. The van der Waals surface area contributed by atoms with E-state index in [0.29, 0.717) is 49.5 Å². The van der Waals surface area contributed by atoms with Gasteiger partial charge in [0.05, 0.1) is 5.41 Å². The normalized spacial score (nSPS) is 19.7. The minimum Gasteiger partial charge on any atom is -0.481 e. The van der Waals surface area contributed by atoms with Gasteiger partial charge in [-0.25, -0.2) is 4.39 Å². The highest BCUT2D eigenvalue weighted by Crippen LogP contribution is 2.30. The second kappa shape index (κ2) is 7.23. The first-order valence-electron chi connectivity index (χ1n) is 8.47. The number of carbonyl (C=O) groups is 2. The highest BCUT2D eigenvalue weighted by Gasteiger charge is 2.41. The molecule has 2 aromatic rings. The molecule has 1 N–H and O–H groups in total. The van der Waals surface area contributed by atoms with Crippen LogP contribution in [0.2, 0.25) is 0 Å². The molecule has 0 spiro atoms. The Bertz CT molecular complexity index is 805. The van der Waals surface area contributed by atoms with Crippen LogP contribution in [0.25, 0.3) is 11.4 Å². The van der Waals surface area contributed by atoms with Crippen molar-refractivity contribution in [3.05, 3.63) is 36.0 Å². The zero-order chi connectivity index (χ0) is 18.7. The number of amides is 1. The summed E-state index contributed by atoms with van der Waals surface area (Å²) >= 11 is 0. The predicted molar refractivity (Wildman–Crippen MR) is 89.6 cm³/mol. The summed E-state index contributed by atoms with van der Waals surface area (Å²) in [6.07, 6.45) is 1.75. The van der Waals surface area contributed by atoms with E-state index in [4.69, 9.17) is 4.52 Å². The molecule has 3 rings (SSSR count). The molecule has 1 aliphatic heterocycles. The van der Waals surface area contributed by atoms with Gasteiger partial charge in [0.2, 0.25) is 17.6 Å². The van der Waals surface area contributed by atoms with Crippen molar-refractivity contribution in [2.45, 2.75) is 32.6 Å². The first kappa shape index (κ1) is 18.0. The van der Waals surface area contributed by atoms with Crippen molar-refractivity contribution >= 4 is 11.9 Å². The van der Waals surface area contributed by atoms with E-state index in [1.165, 1.54) is 12.1 Å². The summed E-state index contributed by atoms with van der Waals surface area (Å²) in [5, 5.41) is 13.1. The van der Waals surface area contributed by atoms with E-state index < -0.39 is 11.4 Å². The minimum absolute atomic E-state index is 0.0618. The third-order valence-corrected chi connectivity index (χ3v) is 4.69. The Morgan fingerprint density at radius 3 is 2.73 bits per heavy atom. The molecular formula is C18H20FN3O4. The van der Waals surface area contributed by atoms with Gasteiger partial charge in [-0.15, -0.1) is 0 Å². The second-order valence-corrected chi connectivity index (χ2v) is 6.80. The molecule has 7 nitrogen and oxygen atoms in total. The van der Waals surface area contributed by atoms with Gasteiger partial charge in [-0.1, -0.05) is 5.16 Å². The molecule has 1 unspecified atom stereocenters. The number of benzene rings is 1. The maximum Gasteiger partial charge on any atom is 0.311 e. The topological polar surface area (TPSA) is 96.5 Å².